The molecule has 0 radical (unpaired) electrons. The Morgan fingerprint density at radius 3 is 2.94 bits per heavy atom. The Labute approximate surface area is 109 Å². The van der Waals surface area contributed by atoms with E-state index in [4.69, 9.17) is 4.98 Å². The van der Waals surface area contributed by atoms with Gasteiger partial charge < -0.3 is 10.2 Å². The van der Waals surface area contributed by atoms with Crippen LogP contribution in [0.3, 0.4) is 0 Å². The molecule has 0 unspecified atom stereocenters. The first-order chi connectivity index (χ1) is 8.65. The molecule has 3 rings (SSSR count). The smallest absolute Gasteiger partial charge is 0.133 e. The monoisotopic (exact) mass is 246 g/mol. The second kappa shape index (κ2) is 4.50. The van der Waals surface area contributed by atoms with Gasteiger partial charge in [0.05, 0.1) is 0 Å². The summed E-state index contributed by atoms with van der Waals surface area (Å²) in [5.74, 6) is 3.30. The second-order valence-corrected chi connectivity index (χ2v) is 5.85. The Morgan fingerprint density at radius 2 is 2.17 bits per heavy atom. The summed E-state index contributed by atoms with van der Waals surface area (Å²) in [6, 6.07) is 2.77. The zero-order valence-corrected chi connectivity index (χ0v) is 11.5. The lowest BCUT2D eigenvalue weighted by Crippen LogP contribution is -2.35. The maximum Gasteiger partial charge on any atom is 0.133 e. The van der Waals surface area contributed by atoms with Gasteiger partial charge in [0.25, 0.3) is 0 Å². The fraction of sp³-hybridized carbons (Fsp3) is 0.714. The van der Waals surface area contributed by atoms with Crippen LogP contribution in [0.4, 0.5) is 5.82 Å². The molecular formula is C14H22N4. The predicted octanol–water partition coefficient (Wildman–Crippen LogP) is 1.71. The van der Waals surface area contributed by atoms with Gasteiger partial charge in [-0.05, 0) is 19.3 Å². The molecule has 0 bridgehead atoms. The second-order valence-electron chi connectivity index (χ2n) is 5.85. The molecule has 98 valence electrons. The summed E-state index contributed by atoms with van der Waals surface area (Å²) < 4.78 is 0. The van der Waals surface area contributed by atoms with Gasteiger partial charge in [-0.2, -0.15) is 0 Å². The molecule has 2 fully saturated rings. The van der Waals surface area contributed by atoms with Gasteiger partial charge in [-0.15, -0.1) is 0 Å². The van der Waals surface area contributed by atoms with Gasteiger partial charge in [0.2, 0.25) is 0 Å². The third-order valence-electron chi connectivity index (χ3n) is 4.11. The van der Waals surface area contributed by atoms with Crippen molar-refractivity contribution < 1.29 is 0 Å². The Bertz CT molecular complexity index is 443. The molecule has 2 saturated heterocycles. The first kappa shape index (κ1) is 11.9. The van der Waals surface area contributed by atoms with Crippen LogP contribution in [0.2, 0.25) is 0 Å². The number of hydrogen-bond donors (Lipinski definition) is 1. The van der Waals surface area contributed by atoms with Gasteiger partial charge in [0.1, 0.15) is 11.6 Å². The van der Waals surface area contributed by atoms with E-state index >= 15 is 0 Å². The highest BCUT2D eigenvalue weighted by atomic mass is 15.3. The first-order valence-electron chi connectivity index (χ1n) is 6.98. The quantitative estimate of drug-likeness (QED) is 0.862. The SMILES string of the molecule is Cc1cc(N2CC[C@@H]3CNC[C@@H]32)nc(C(C)C)n1. The Kier molecular flexibility index (Phi) is 2.98. The molecule has 3 heterocycles. The van der Waals surface area contributed by atoms with E-state index in [9.17, 15) is 0 Å². The lowest BCUT2D eigenvalue weighted by atomic mass is 10.1. The van der Waals surface area contributed by atoms with Crippen LogP contribution >= 0.6 is 0 Å². The minimum Gasteiger partial charge on any atom is -0.352 e. The van der Waals surface area contributed by atoms with Crippen molar-refractivity contribution in [2.24, 2.45) is 5.92 Å². The Morgan fingerprint density at radius 1 is 1.33 bits per heavy atom. The maximum absolute atomic E-state index is 4.76. The topological polar surface area (TPSA) is 41.0 Å². The van der Waals surface area contributed by atoms with Crippen molar-refractivity contribution in [3.63, 3.8) is 0 Å². The van der Waals surface area contributed by atoms with Gasteiger partial charge >= 0.3 is 0 Å². The summed E-state index contributed by atoms with van der Waals surface area (Å²) in [6.07, 6.45) is 1.29. The molecule has 0 saturated carbocycles. The average molecular weight is 246 g/mol. The lowest BCUT2D eigenvalue weighted by molar-refractivity contribution is 0.576. The highest BCUT2D eigenvalue weighted by Gasteiger charge is 2.38. The van der Waals surface area contributed by atoms with Crippen molar-refractivity contribution in [2.75, 3.05) is 24.5 Å². The number of nitrogens with zero attached hydrogens (tertiary/aromatic N) is 3. The van der Waals surface area contributed by atoms with Crippen LogP contribution in [-0.4, -0.2) is 35.6 Å². The predicted molar refractivity (Wildman–Crippen MR) is 73.0 cm³/mol. The molecule has 4 nitrogen and oxygen atoms in total. The van der Waals surface area contributed by atoms with E-state index in [2.05, 4.69) is 42.0 Å². The average Bonchev–Trinajstić information content (AvgIpc) is 2.89. The van der Waals surface area contributed by atoms with Crippen LogP contribution in [0.15, 0.2) is 6.07 Å². The fourth-order valence-corrected chi connectivity index (χ4v) is 3.11. The van der Waals surface area contributed by atoms with Gasteiger partial charge in [-0.3, -0.25) is 0 Å². The van der Waals surface area contributed by atoms with E-state index in [1.54, 1.807) is 0 Å². The number of nitrogens with one attached hydrogen (secondary N) is 1. The molecule has 1 aromatic heterocycles. The lowest BCUT2D eigenvalue weighted by Gasteiger charge is -2.25. The van der Waals surface area contributed by atoms with Gasteiger partial charge in [-0.1, -0.05) is 13.8 Å². The number of hydrogen-bond acceptors (Lipinski definition) is 4. The van der Waals surface area contributed by atoms with E-state index in [0.29, 0.717) is 12.0 Å². The summed E-state index contributed by atoms with van der Waals surface area (Å²) in [4.78, 5) is 11.8. The minimum absolute atomic E-state index is 0.392. The van der Waals surface area contributed by atoms with Crippen molar-refractivity contribution in [1.29, 1.82) is 0 Å². The number of aryl methyl sites for hydroxylation is 1. The van der Waals surface area contributed by atoms with E-state index in [1.165, 1.54) is 13.0 Å². The molecule has 1 N–H and O–H groups in total. The first-order valence-corrected chi connectivity index (χ1v) is 6.98. The summed E-state index contributed by atoms with van der Waals surface area (Å²) in [6.45, 7) is 9.79. The molecule has 0 aliphatic carbocycles. The molecular weight excluding hydrogens is 224 g/mol. The number of rotatable bonds is 2. The molecule has 1 aromatic rings. The van der Waals surface area contributed by atoms with Crippen LogP contribution in [-0.2, 0) is 0 Å². The summed E-state index contributed by atoms with van der Waals surface area (Å²) in [5, 5.41) is 3.49. The minimum atomic E-state index is 0.392. The largest absolute Gasteiger partial charge is 0.352 e. The number of aromatic nitrogens is 2. The van der Waals surface area contributed by atoms with E-state index in [-0.39, 0.29) is 0 Å². The maximum atomic E-state index is 4.76. The van der Waals surface area contributed by atoms with Crippen molar-refractivity contribution in [2.45, 2.75) is 39.2 Å². The molecule has 0 aromatic carbocycles. The van der Waals surface area contributed by atoms with Crippen LogP contribution in [0.25, 0.3) is 0 Å². The number of anilines is 1. The van der Waals surface area contributed by atoms with Gasteiger partial charge in [-0.25, -0.2) is 9.97 Å². The standard InChI is InChI=1S/C14H22N4/c1-9(2)14-16-10(3)6-13(17-14)18-5-4-11-7-15-8-12(11)18/h6,9,11-12,15H,4-5,7-8H2,1-3H3/t11-,12+/m1/s1. The van der Waals surface area contributed by atoms with E-state index in [0.717, 1.165) is 36.3 Å². The van der Waals surface area contributed by atoms with Crippen LogP contribution in [0, 0.1) is 12.8 Å². The summed E-state index contributed by atoms with van der Waals surface area (Å²) in [7, 11) is 0. The molecule has 2 aliphatic rings. The highest BCUT2D eigenvalue weighted by Crippen LogP contribution is 2.31. The third kappa shape index (κ3) is 1.99. The molecule has 18 heavy (non-hydrogen) atoms. The fourth-order valence-electron chi connectivity index (χ4n) is 3.11. The van der Waals surface area contributed by atoms with Crippen molar-refractivity contribution in [3.8, 4) is 0 Å². The van der Waals surface area contributed by atoms with Crippen molar-refractivity contribution in [3.05, 3.63) is 17.6 Å². The van der Waals surface area contributed by atoms with Crippen LogP contribution in [0.1, 0.15) is 37.7 Å². The van der Waals surface area contributed by atoms with Gasteiger partial charge in [0.15, 0.2) is 0 Å². The Hall–Kier alpha value is -1.16. The molecule has 2 aliphatic heterocycles. The summed E-state index contributed by atoms with van der Waals surface area (Å²) >= 11 is 0. The van der Waals surface area contributed by atoms with Crippen molar-refractivity contribution in [1.82, 2.24) is 15.3 Å². The molecule has 4 heteroatoms. The van der Waals surface area contributed by atoms with E-state index in [1.807, 2.05) is 0 Å². The highest BCUT2D eigenvalue weighted by molar-refractivity contribution is 5.43. The molecule has 2 atom stereocenters. The molecule has 0 spiro atoms. The normalized spacial score (nSPS) is 27.0. The summed E-state index contributed by atoms with van der Waals surface area (Å²) in [5.41, 5.74) is 1.08. The van der Waals surface area contributed by atoms with Crippen LogP contribution < -0.4 is 10.2 Å². The third-order valence-corrected chi connectivity index (χ3v) is 4.11. The Balaban J connectivity index is 1.92. The molecule has 0 amide bonds. The van der Waals surface area contributed by atoms with E-state index < -0.39 is 0 Å². The van der Waals surface area contributed by atoms with Crippen molar-refractivity contribution >= 4 is 5.82 Å². The van der Waals surface area contributed by atoms with Gasteiger partial charge in [0, 0.05) is 43.4 Å². The van der Waals surface area contributed by atoms with Crippen LogP contribution in [0.5, 0.6) is 0 Å². The number of fused-ring (bicyclic) bond motifs is 1. The zero-order chi connectivity index (χ0) is 12.7. The zero-order valence-electron chi connectivity index (χ0n) is 11.5.